The highest BCUT2D eigenvalue weighted by atomic mass is 35.5. The molecule has 0 bridgehead atoms. The Balaban J connectivity index is 1.64. The van der Waals surface area contributed by atoms with Crippen molar-refractivity contribution in [3.05, 3.63) is 82.0 Å². The third kappa shape index (κ3) is 4.15. The van der Waals surface area contributed by atoms with Gasteiger partial charge >= 0.3 is 6.18 Å². The van der Waals surface area contributed by atoms with Gasteiger partial charge < -0.3 is 5.32 Å². The second kappa shape index (κ2) is 7.88. The van der Waals surface area contributed by atoms with E-state index >= 15 is 0 Å². The Morgan fingerprint density at radius 3 is 2.65 bits per heavy atom. The van der Waals surface area contributed by atoms with Crippen LogP contribution in [0.15, 0.2) is 65.8 Å². The fourth-order valence-corrected chi connectivity index (χ4v) is 3.15. The zero-order chi connectivity index (χ0) is 22.2. The zero-order valence-electron chi connectivity index (χ0n) is 15.6. The summed E-state index contributed by atoms with van der Waals surface area (Å²) in [6.07, 6.45) is -2.18. The predicted octanol–water partition coefficient (Wildman–Crippen LogP) is 3.89. The Morgan fingerprint density at radius 1 is 1.13 bits per heavy atom. The molecule has 0 saturated carbocycles. The molecule has 1 N–H and O–H groups in total. The molecule has 2 heterocycles. The van der Waals surface area contributed by atoms with E-state index in [1.807, 2.05) is 0 Å². The molecule has 31 heavy (non-hydrogen) atoms. The number of halogens is 4. The number of carbonyl (C=O) groups excluding carboxylic acids is 1. The summed E-state index contributed by atoms with van der Waals surface area (Å²) in [5.41, 5.74) is -0.831. The molecule has 158 valence electrons. The van der Waals surface area contributed by atoms with Gasteiger partial charge in [0.2, 0.25) is 5.91 Å². The quantitative estimate of drug-likeness (QED) is 0.514. The third-order valence-electron chi connectivity index (χ3n) is 4.43. The summed E-state index contributed by atoms with van der Waals surface area (Å²) in [7, 11) is 0. The number of anilines is 1. The van der Waals surface area contributed by atoms with Crippen molar-refractivity contribution in [1.82, 2.24) is 19.3 Å². The van der Waals surface area contributed by atoms with Crippen LogP contribution in [0, 0.1) is 0 Å². The first-order valence-corrected chi connectivity index (χ1v) is 9.27. The molecule has 4 rings (SSSR count). The summed E-state index contributed by atoms with van der Waals surface area (Å²) >= 11 is 6.00. The van der Waals surface area contributed by atoms with E-state index in [-0.39, 0.29) is 23.3 Å². The van der Waals surface area contributed by atoms with Crippen LogP contribution in [0.4, 0.5) is 18.9 Å². The van der Waals surface area contributed by atoms with Crippen LogP contribution in [0.5, 0.6) is 0 Å². The highest BCUT2D eigenvalue weighted by molar-refractivity contribution is 6.33. The van der Waals surface area contributed by atoms with Gasteiger partial charge in [-0.3, -0.25) is 14.2 Å². The van der Waals surface area contributed by atoms with E-state index in [1.54, 1.807) is 24.3 Å². The lowest BCUT2D eigenvalue weighted by molar-refractivity contribution is -0.137. The van der Waals surface area contributed by atoms with E-state index in [0.717, 1.165) is 27.7 Å². The van der Waals surface area contributed by atoms with Gasteiger partial charge in [0.25, 0.3) is 5.56 Å². The molecule has 0 spiro atoms. The van der Waals surface area contributed by atoms with E-state index in [2.05, 4.69) is 15.4 Å². The molecule has 1 amide bonds. The number of fused-ring (bicyclic) bond motifs is 1. The molecule has 0 aliphatic heterocycles. The van der Waals surface area contributed by atoms with Crippen LogP contribution in [-0.2, 0) is 17.5 Å². The van der Waals surface area contributed by atoms with Crippen LogP contribution in [0.25, 0.3) is 16.7 Å². The number of amides is 1. The van der Waals surface area contributed by atoms with Crippen molar-refractivity contribution in [1.29, 1.82) is 0 Å². The number of carbonyl (C=O) groups is 1. The highest BCUT2D eigenvalue weighted by Crippen LogP contribution is 2.30. The molecule has 0 aliphatic carbocycles. The molecule has 0 atom stereocenters. The number of alkyl halides is 3. The summed E-state index contributed by atoms with van der Waals surface area (Å²) in [5.74, 6) is -0.498. The first-order chi connectivity index (χ1) is 14.7. The first kappa shape index (κ1) is 20.6. The van der Waals surface area contributed by atoms with Crippen LogP contribution in [0.1, 0.15) is 5.56 Å². The average Bonchev–Trinajstić information content (AvgIpc) is 3.16. The number of rotatable bonds is 4. The molecule has 0 fully saturated rings. The second-order valence-electron chi connectivity index (χ2n) is 6.55. The molecule has 0 saturated heterocycles. The number of aromatic nitrogens is 4. The maximum Gasteiger partial charge on any atom is 0.416 e. The van der Waals surface area contributed by atoms with Crippen LogP contribution in [0.2, 0.25) is 5.02 Å². The standard InChI is InChI=1S/C20H13ClF3N5O2/c21-15-6-1-2-7-16(15)27-17(30)10-28-11-25-18-14(19(28)31)9-26-29(18)13-5-3-4-12(8-13)20(22,23)24/h1-9,11H,10H2,(H,27,30). The van der Waals surface area contributed by atoms with Crippen molar-refractivity contribution in [2.24, 2.45) is 0 Å². The summed E-state index contributed by atoms with van der Waals surface area (Å²) < 4.78 is 41.2. The third-order valence-corrected chi connectivity index (χ3v) is 4.76. The SMILES string of the molecule is O=C(Cn1cnc2c(cnn2-c2cccc(C(F)(F)F)c2)c1=O)Nc1ccccc1Cl. The molecular formula is C20H13ClF3N5O2. The maximum atomic E-state index is 13.0. The molecule has 2 aromatic carbocycles. The Morgan fingerprint density at radius 2 is 1.90 bits per heavy atom. The number of nitrogens with zero attached hydrogens (tertiary/aromatic N) is 4. The van der Waals surface area contributed by atoms with E-state index in [0.29, 0.717) is 10.7 Å². The van der Waals surface area contributed by atoms with Gasteiger partial charge in [-0.25, -0.2) is 9.67 Å². The first-order valence-electron chi connectivity index (χ1n) is 8.89. The minimum Gasteiger partial charge on any atom is -0.323 e. The van der Waals surface area contributed by atoms with Crippen molar-refractivity contribution >= 4 is 34.2 Å². The second-order valence-corrected chi connectivity index (χ2v) is 6.95. The van der Waals surface area contributed by atoms with Crippen molar-refractivity contribution in [2.45, 2.75) is 12.7 Å². The fourth-order valence-electron chi connectivity index (χ4n) is 2.97. The van der Waals surface area contributed by atoms with E-state index in [9.17, 15) is 22.8 Å². The Labute approximate surface area is 177 Å². The summed E-state index contributed by atoms with van der Waals surface area (Å²) in [4.78, 5) is 29.2. The largest absolute Gasteiger partial charge is 0.416 e. The van der Waals surface area contributed by atoms with Crippen LogP contribution >= 0.6 is 11.6 Å². The smallest absolute Gasteiger partial charge is 0.323 e. The van der Waals surface area contributed by atoms with Crippen LogP contribution in [-0.4, -0.2) is 25.2 Å². The summed E-state index contributed by atoms with van der Waals surface area (Å²) in [6.45, 7) is -0.332. The molecule has 0 radical (unpaired) electrons. The topological polar surface area (TPSA) is 81.8 Å². The van der Waals surface area contributed by atoms with Crippen molar-refractivity contribution < 1.29 is 18.0 Å². The van der Waals surface area contributed by atoms with E-state index < -0.39 is 23.2 Å². The molecule has 11 heteroatoms. The fraction of sp³-hybridized carbons (Fsp3) is 0.100. The van der Waals surface area contributed by atoms with E-state index in [4.69, 9.17) is 11.6 Å². The van der Waals surface area contributed by atoms with Gasteiger partial charge in [-0.15, -0.1) is 0 Å². The average molecular weight is 448 g/mol. The van der Waals surface area contributed by atoms with Gasteiger partial charge in [-0.1, -0.05) is 29.8 Å². The zero-order valence-corrected chi connectivity index (χ0v) is 16.4. The van der Waals surface area contributed by atoms with Crippen molar-refractivity contribution in [2.75, 3.05) is 5.32 Å². The van der Waals surface area contributed by atoms with Crippen LogP contribution in [0.3, 0.4) is 0 Å². The molecule has 0 unspecified atom stereocenters. The lowest BCUT2D eigenvalue weighted by atomic mass is 10.2. The number of hydrogen-bond donors (Lipinski definition) is 1. The number of nitrogens with one attached hydrogen (secondary N) is 1. The van der Waals surface area contributed by atoms with Gasteiger partial charge in [0.15, 0.2) is 5.65 Å². The number of hydrogen-bond acceptors (Lipinski definition) is 4. The van der Waals surface area contributed by atoms with Gasteiger partial charge in [0.05, 0.1) is 28.2 Å². The van der Waals surface area contributed by atoms with Crippen molar-refractivity contribution in [3.8, 4) is 5.69 Å². The van der Waals surface area contributed by atoms with Crippen LogP contribution < -0.4 is 10.9 Å². The van der Waals surface area contributed by atoms with Crippen molar-refractivity contribution in [3.63, 3.8) is 0 Å². The molecule has 7 nitrogen and oxygen atoms in total. The summed E-state index contributed by atoms with van der Waals surface area (Å²) in [5, 5.41) is 7.01. The minimum absolute atomic E-state index is 0.0606. The number of benzene rings is 2. The Hall–Kier alpha value is -3.66. The predicted molar refractivity (Wildman–Crippen MR) is 108 cm³/mol. The highest BCUT2D eigenvalue weighted by Gasteiger charge is 2.30. The van der Waals surface area contributed by atoms with E-state index in [1.165, 1.54) is 18.3 Å². The van der Waals surface area contributed by atoms with Gasteiger partial charge in [0, 0.05) is 0 Å². The molecular weight excluding hydrogens is 435 g/mol. The lowest BCUT2D eigenvalue weighted by Gasteiger charge is -2.10. The van der Waals surface area contributed by atoms with Gasteiger partial charge in [-0.05, 0) is 30.3 Å². The molecule has 0 aliphatic rings. The lowest BCUT2D eigenvalue weighted by Crippen LogP contribution is -2.28. The monoisotopic (exact) mass is 447 g/mol. The maximum absolute atomic E-state index is 13.0. The summed E-state index contributed by atoms with van der Waals surface area (Å²) in [6, 6.07) is 11.1. The number of para-hydroxylation sites is 1. The molecule has 4 aromatic rings. The molecule has 2 aromatic heterocycles. The normalized spacial score (nSPS) is 11.6. The Kier molecular flexibility index (Phi) is 5.24. The Bertz CT molecular complexity index is 1350. The van der Waals surface area contributed by atoms with Gasteiger partial charge in [0.1, 0.15) is 18.3 Å². The van der Waals surface area contributed by atoms with Gasteiger partial charge in [-0.2, -0.15) is 18.3 Å². The minimum atomic E-state index is -4.52.